The minimum atomic E-state index is -4.75. The Balaban J connectivity index is 3.13. The van der Waals surface area contributed by atoms with E-state index in [1.54, 1.807) is 45.2 Å². The van der Waals surface area contributed by atoms with Gasteiger partial charge in [0.2, 0.25) is 0 Å². The Hall–Kier alpha value is 0.490. The Morgan fingerprint density at radius 3 is 2.43 bits per heavy atom. The summed E-state index contributed by atoms with van der Waals surface area (Å²) in [7, 11) is 0. The van der Waals surface area contributed by atoms with Gasteiger partial charge in [-0.15, -0.1) is 13.2 Å². The van der Waals surface area contributed by atoms with Crippen molar-refractivity contribution >= 4 is 56.8 Å². The van der Waals surface area contributed by atoms with Gasteiger partial charge in [0.25, 0.3) is 0 Å². The lowest BCUT2D eigenvalue weighted by Crippen LogP contribution is -2.18. The molecule has 0 aromatic carbocycles. The molecule has 8 heteroatoms. The van der Waals surface area contributed by atoms with E-state index in [4.69, 9.17) is 11.6 Å². The normalized spacial score (nSPS) is 11.6. The molecular formula is C6HClF3I2NO. The number of aromatic nitrogens is 1. The molecule has 0 saturated heterocycles. The van der Waals surface area contributed by atoms with Crippen molar-refractivity contribution in [3.8, 4) is 5.75 Å². The summed E-state index contributed by atoms with van der Waals surface area (Å²) in [6, 6.07) is 0. The van der Waals surface area contributed by atoms with Crippen molar-refractivity contribution in [1.29, 1.82) is 0 Å². The molecule has 0 aliphatic rings. The predicted octanol–water partition coefficient (Wildman–Crippen LogP) is 3.84. The SMILES string of the molecule is FC(F)(F)Oc1c(I)ncc(I)c1Cl. The maximum atomic E-state index is 11.9. The summed E-state index contributed by atoms with van der Waals surface area (Å²) in [4.78, 5) is 3.69. The van der Waals surface area contributed by atoms with Gasteiger partial charge in [0, 0.05) is 6.20 Å². The van der Waals surface area contributed by atoms with Crippen LogP contribution in [0.4, 0.5) is 13.2 Å². The van der Waals surface area contributed by atoms with Crippen LogP contribution in [0.15, 0.2) is 6.20 Å². The molecule has 1 aromatic heterocycles. The molecule has 0 atom stereocenters. The van der Waals surface area contributed by atoms with Gasteiger partial charge < -0.3 is 4.74 Å². The molecule has 0 spiro atoms. The second kappa shape index (κ2) is 4.56. The fourth-order valence-corrected chi connectivity index (χ4v) is 1.87. The van der Waals surface area contributed by atoms with Gasteiger partial charge in [0.05, 0.1) is 3.57 Å². The second-order valence-corrected chi connectivity index (χ2v) is 4.65. The van der Waals surface area contributed by atoms with E-state index in [0.717, 1.165) is 0 Å². The monoisotopic (exact) mass is 449 g/mol. The number of nitrogens with zero attached hydrogens (tertiary/aromatic N) is 1. The summed E-state index contributed by atoms with van der Waals surface area (Å²) in [5.41, 5.74) is 0. The minimum Gasteiger partial charge on any atom is -0.401 e. The summed E-state index contributed by atoms with van der Waals surface area (Å²) in [5.74, 6) is -0.452. The zero-order valence-corrected chi connectivity index (χ0v) is 11.3. The summed E-state index contributed by atoms with van der Waals surface area (Å²) < 4.78 is 40.0. The zero-order valence-electron chi connectivity index (χ0n) is 6.20. The van der Waals surface area contributed by atoms with Gasteiger partial charge in [-0.05, 0) is 45.2 Å². The zero-order chi connectivity index (χ0) is 10.9. The number of rotatable bonds is 1. The first-order valence-electron chi connectivity index (χ1n) is 3.06. The van der Waals surface area contributed by atoms with Crippen molar-refractivity contribution in [2.45, 2.75) is 6.36 Å². The summed E-state index contributed by atoms with van der Waals surface area (Å²) in [6.45, 7) is 0. The minimum absolute atomic E-state index is 0.0744. The topological polar surface area (TPSA) is 22.1 Å². The molecule has 0 radical (unpaired) electrons. The van der Waals surface area contributed by atoms with Crippen LogP contribution in [-0.4, -0.2) is 11.3 Å². The molecule has 0 amide bonds. The van der Waals surface area contributed by atoms with Gasteiger partial charge >= 0.3 is 6.36 Å². The van der Waals surface area contributed by atoms with Crippen molar-refractivity contribution in [2.24, 2.45) is 0 Å². The van der Waals surface area contributed by atoms with Crippen LogP contribution in [-0.2, 0) is 0 Å². The predicted molar refractivity (Wildman–Crippen MR) is 61.4 cm³/mol. The van der Waals surface area contributed by atoms with E-state index < -0.39 is 12.1 Å². The van der Waals surface area contributed by atoms with Crippen molar-refractivity contribution in [1.82, 2.24) is 4.98 Å². The van der Waals surface area contributed by atoms with Gasteiger partial charge in [-0.3, -0.25) is 0 Å². The van der Waals surface area contributed by atoms with Crippen LogP contribution in [0, 0.1) is 7.27 Å². The molecule has 1 heterocycles. The third-order valence-corrected chi connectivity index (χ3v) is 3.39. The van der Waals surface area contributed by atoms with Crippen LogP contribution in [0.5, 0.6) is 5.75 Å². The van der Waals surface area contributed by atoms with Gasteiger partial charge in [-0.2, -0.15) is 0 Å². The molecule has 2 nitrogen and oxygen atoms in total. The highest BCUT2D eigenvalue weighted by Gasteiger charge is 2.33. The van der Waals surface area contributed by atoms with E-state index in [2.05, 4.69) is 9.72 Å². The van der Waals surface area contributed by atoms with Crippen molar-refractivity contribution in [3.63, 3.8) is 0 Å². The molecule has 0 saturated carbocycles. The molecule has 0 N–H and O–H groups in total. The lowest BCUT2D eigenvalue weighted by atomic mass is 10.5. The molecule has 1 aromatic rings. The Labute approximate surface area is 109 Å². The third-order valence-electron chi connectivity index (χ3n) is 1.11. The summed E-state index contributed by atoms with van der Waals surface area (Å²) in [6.07, 6.45) is -3.39. The Bertz CT molecular complexity index is 358. The molecule has 0 unspecified atom stereocenters. The van der Waals surface area contributed by atoms with Crippen LogP contribution < -0.4 is 4.74 Å². The highest BCUT2D eigenvalue weighted by Crippen LogP contribution is 2.35. The number of halogens is 6. The molecule has 0 aliphatic carbocycles. The van der Waals surface area contributed by atoms with E-state index in [9.17, 15) is 13.2 Å². The molecule has 1 rings (SSSR count). The highest BCUT2D eigenvalue weighted by molar-refractivity contribution is 14.1. The van der Waals surface area contributed by atoms with Crippen LogP contribution in [0.3, 0.4) is 0 Å². The number of hydrogen-bond acceptors (Lipinski definition) is 2. The average Bonchev–Trinajstić information content (AvgIpc) is 2.04. The standard InChI is InChI=1S/C6HClF3I2NO/c7-3-2(11)1-13-5(12)4(3)14-6(8,9)10/h1H. The number of pyridine rings is 1. The van der Waals surface area contributed by atoms with Crippen LogP contribution in [0.2, 0.25) is 5.02 Å². The highest BCUT2D eigenvalue weighted by atomic mass is 127. The fourth-order valence-electron chi connectivity index (χ4n) is 0.630. The first-order valence-corrected chi connectivity index (χ1v) is 5.60. The molecule has 0 aliphatic heterocycles. The second-order valence-electron chi connectivity index (χ2n) is 2.09. The van der Waals surface area contributed by atoms with Crippen molar-refractivity contribution < 1.29 is 17.9 Å². The van der Waals surface area contributed by atoms with Crippen molar-refractivity contribution in [3.05, 3.63) is 18.5 Å². The van der Waals surface area contributed by atoms with Gasteiger partial charge in [-0.25, -0.2) is 4.98 Å². The summed E-state index contributed by atoms with van der Waals surface area (Å²) in [5, 5.41) is -0.0812. The van der Waals surface area contributed by atoms with E-state index in [1.165, 1.54) is 6.20 Å². The lowest BCUT2D eigenvalue weighted by molar-refractivity contribution is -0.275. The number of hydrogen-bond donors (Lipinski definition) is 0. The average molecular weight is 449 g/mol. The van der Waals surface area contributed by atoms with Gasteiger partial charge in [0.15, 0.2) is 5.75 Å². The number of ether oxygens (including phenoxy) is 1. The summed E-state index contributed by atoms with van der Waals surface area (Å²) >= 11 is 9.02. The van der Waals surface area contributed by atoms with E-state index in [-0.39, 0.29) is 8.72 Å². The Morgan fingerprint density at radius 1 is 1.36 bits per heavy atom. The van der Waals surface area contributed by atoms with Gasteiger partial charge in [0.1, 0.15) is 8.72 Å². The molecular weight excluding hydrogens is 448 g/mol. The van der Waals surface area contributed by atoms with Crippen LogP contribution >= 0.6 is 56.8 Å². The largest absolute Gasteiger partial charge is 0.573 e. The quantitative estimate of drug-likeness (QED) is 0.480. The van der Waals surface area contributed by atoms with Gasteiger partial charge in [-0.1, -0.05) is 11.6 Å². The van der Waals surface area contributed by atoms with E-state index in [0.29, 0.717) is 3.57 Å². The first-order chi connectivity index (χ1) is 6.31. The van der Waals surface area contributed by atoms with Crippen LogP contribution in [0.25, 0.3) is 0 Å². The molecule has 78 valence electrons. The van der Waals surface area contributed by atoms with E-state index >= 15 is 0 Å². The number of alkyl halides is 3. The molecule has 0 fully saturated rings. The maximum Gasteiger partial charge on any atom is 0.573 e. The van der Waals surface area contributed by atoms with Crippen molar-refractivity contribution in [2.75, 3.05) is 0 Å². The molecule has 0 bridgehead atoms. The Kier molecular flexibility index (Phi) is 4.09. The Morgan fingerprint density at radius 2 is 1.93 bits per heavy atom. The third kappa shape index (κ3) is 3.26. The maximum absolute atomic E-state index is 11.9. The van der Waals surface area contributed by atoms with E-state index in [1.807, 2.05) is 0 Å². The molecule has 14 heavy (non-hydrogen) atoms. The smallest absolute Gasteiger partial charge is 0.401 e. The lowest BCUT2D eigenvalue weighted by Gasteiger charge is -2.11. The van der Waals surface area contributed by atoms with Crippen LogP contribution in [0.1, 0.15) is 0 Å². The fraction of sp³-hybridized carbons (Fsp3) is 0.167. The first kappa shape index (κ1) is 12.6.